The molecule has 0 saturated carbocycles. The third-order valence-corrected chi connectivity index (χ3v) is 2.61. The van der Waals surface area contributed by atoms with Crippen LogP contribution in [0.15, 0.2) is 34.9 Å². The Morgan fingerprint density at radius 1 is 1.17 bits per heavy atom. The van der Waals surface area contributed by atoms with Crippen molar-refractivity contribution in [2.24, 2.45) is 0 Å². The van der Waals surface area contributed by atoms with E-state index in [2.05, 4.69) is 34.6 Å². The van der Waals surface area contributed by atoms with E-state index in [9.17, 15) is 0 Å². The third-order valence-electron chi connectivity index (χ3n) is 2.61. The van der Waals surface area contributed by atoms with Crippen molar-refractivity contribution in [3.63, 3.8) is 0 Å². The lowest BCUT2D eigenvalue weighted by Crippen LogP contribution is -2.12. The molecule has 2 rings (SSSR count). The summed E-state index contributed by atoms with van der Waals surface area (Å²) in [7, 11) is 1.70. The van der Waals surface area contributed by atoms with Crippen LogP contribution in [0.3, 0.4) is 0 Å². The van der Waals surface area contributed by atoms with Crippen LogP contribution in [-0.4, -0.2) is 12.1 Å². The first-order chi connectivity index (χ1) is 8.78. The molecule has 0 amide bonds. The van der Waals surface area contributed by atoms with Gasteiger partial charge in [0, 0.05) is 13.7 Å². The van der Waals surface area contributed by atoms with Gasteiger partial charge in [-0.05, 0) is 18.1 Å². The lowest BCUT2D eigenvalue weighted by atomic mass is 10.1. The molecular weight excluding hydrogens is 228 g/mol. The van der Waals surface area contributed by atoms with Crippen molar-refractivity contribution in [2.45, 2.75) is 26.6 Å². The zero-order valence-electron chi connectivity index (χ0n) is 10.8. The van der Waals surface area contributed by atoms with Crippen LogP contribution in [0, 0.1) is 6.92 Å². The average Bonchev–Trinajstić information content (AvgIpc) is 2.78. The third kappa shape index (κ3) is 3.68. The monoisotopic (exact) mass is 246 g/mol. The average molecular weight is 246 g/mol. The van der Waals surface area contributed by atoms with Crippen LogP contribution in [0.25, 0.3) is 0 Å². The van der Waals surface area contributed by atoms with E-state index in [1.807, 2.05) is 6.92 Å². The van der Waals surface area contributed by atoms with Gasteiger partial charge in [0.15, 0.2) is 0 Å². The van der Waals surface area contributed by atoms with Gasteiger partial charge >= 0.3 is 0 Å². The molecule has 0 saturated heterocycles. The molecule has 4 heteroatoms. The topological polar surface area (TPSA) is 47.3 Å². The Balaban J connectivity index is 1.79. The van der Waals surface area contributed by atoms with Crippen LogP contribution in [0.2, 0.25) is 0 Å². The molecule has 0 radical (unpaired) electrons. The highest BCUT2D eigenvalue weighted by Gasteiger charge is 2.00. The van der Waals surface area contributed by atoms with E-state index in [1.165, 1.54) is 11.1 Å². The zero-order chi connectivity index (χ0) is 12.8. The Hall–Kier alpha value is -1.65. The van der Waals surface area contributed by atoms with Gasteiger partial charge in [-0.15, -0.1) is 0 Å². The predicted octanol–water partition coefficient (Wildman–Crippen LogP) is 2.42. The number of nitrogens with one attached hydrogen (secondary N) is 1. The Morgan fingerprint density at radius 2 is 1.89 bits per heavy atom. The molecule has 1 aromatic carbocycles. The summed E-state index contributed by atoms with van der Waals surface area (Å²) in [5.41, 5.74) is 2.42. The highest BCUT2D eigenvalue weighted by atomic mass is 16.5. The summed E-state index contributed by atoms with van der Waals surface area (Å²) in [4.78, 5) is 4.14. The van der Waals surface area contributed by atoms with E-state index in [1.54, 1.807) is 13.3 Å². The van der Waals surface area contributed by atoms with Crippen molar-refractivity contribution in [2.75, 3.05) is 7.11 Å². The van der Waals surface area contributed by atoms with Crippen LogP contribution >= 0.6 is 0 Å². The van der Waals surface area contributed by atoms with Gasteiger partial charge in [-0.25, -0.2) is 4.98 Å². The summed E-state index contributed by atoms with van der Waals surface area (Å²) in [5.74, 6) is 1.57. The van der Waals surface area contributed by atoms with Crippen molar-refractivity contribution in [3.8, 4) is 0 Å². The molecule has 1 aromatic heterocycles. The van der Waals surface area contributed by atoms with E-state index in [-0.39, 0.29) is 0 Å². The molecule has 1 N–H and O–H groups in total. The van der Waals surface area contributed by atoms with E-state index < -0.39 is 0 Å². The fourth-order valence-electron chi connectivity index (χ4n) is 1.72. The van der Waals surface area contributed by atoms with Gasteiger partial charge in [0.25, 0.3) is 0 Å². The molecule has 96 valence electrons. The number of aromatic nitrogens is 1. The summed E-state index contributed by atoms with van der Waals surface area (Å²) in [5, 5.41) is 3.30. The van der Waals surface area contributed by atoms with Gasteiger partial charge in [0.2, 0.25) is 5.89 Å². The highest BCUT2D eigenvalue weighted by molar-refractivity contribution is 5.21. The standard InChI is InChI=1S/C14H18N2O2/c1-11-7-16-14(18-11)9-15-8-12-3-5-13(6-4-12)10-17-2/h3-7,15H,8-10H2,1-2H3. The second-order valence-electron chi connectivity index (χ2n) is 4.22. The molecular formula is C14H18N2O2. The lowest BCUT2D eigenvalue weighted by Gasteiger charge is -2.04. The minimum atomic E-state index is 0.646. The first-order valence-electron chi connectivity index (χ1n) is 5.96. The van der Waals surface area contributed by atoms with Gasteiger partial charge in [0.1, 0.15) is 5.76 Å². The molecule has 0 fully saturated rings. The van der Waals surface area contributed by atoms with Crippen molar-refractivity contribution >= 4 is 0 Å². The maximum absolute atomic E-state index is 5.38. The Bertz CT molecular complexity index is 477. The molecule has 4 nitrogen and oxygen atoms in total. The molecule has 0 aliphatic heterocycles. The molecule has 0 unspecified atom stereocenters. The largest absolute Gasteiger partial charge is 0.445 e. The number of methoxy groups -OCH3 is 1. The second kappa shape index (κ2) is 6.33. The van der Waals surface area contributed by atoms with Gasteiger partial charge in [-0.3, -0.25) is 0 Å². The number of oxazole rings is 1. The lowest BCUT2D eigenvalue weighted by molar-refractivity contribution is 0.185. The molecule has 0 atom stereocenters. The number of hydrogen-bond acceptors (Lipinski definition) is 4. The highest BCUT2D eigenvalue weighted by Crippen LogP contribution is 2.06. The van der Waals surface area contributed by atoms with E-state index in [4.69, 9.17) is 9.15 Å². The van der Waals surface area contributed by atoms with E-state index in [0.717, 1.165) is 18.2 Å². The number of ether oxygens (including phenoxy) is 1. The summed E-state index contributed by atoms with van der Waals surface area (Å²) in [6, 6.07) is 8.36. The SMILES string of the molecule is COCc1ccc(CNCc2ncc(C)o2)cc1. The number of hydrogen-bond donors (Lipinski definition) is 1. The van der Waals surface area contributed by atoms with Gasteiger partial charge in [0.05, 0.1) is 19.3 Å². The normalized spacial score (nSPS) is 10.8. The number of benzene rings is 1. The quantitative estimate of drug-likeness (QED) is 0.850. The number of rotatable bonds is 6. The van der Waals surface area contributed by atoms with Crippen LogP contribution < -0.4 is 5.32 Å². The van der Waals surface area contributed by atoms with Crippen molar-refractivity contribution in [1.82, 2.24) is 10.3 Å². The fourth-order valence-corrected chi connectivity index (χ4v) is 1.72. The molecule has 0 bridgehead atoms. The molecule has 1 heterocycles. The Kier molecular flexibility index (Phi) is 4.50. The summed E-state index contributed by atoms with van der Waals surface area (Å²) >= 11 is 0. The Labute approximate surface area is 107 Å². The van der Waals surface area contributed by atoms with Crippen LogP contribution in [-0.2, 0) is 24.4 Å². The van der Waals surface area contributed by atoms with Crippen molar-refractivity contribution in [3.05, 3.63) is 53.2 Å². The minimum absolute atomic E-state index is 0.646. The van der Waals surface area contributed by atoms with E-state index >= 15 is 0 Å². The maximum atomic E-state index is 5.38. The zero-order valence-corrected chi connectivity index (χ0v) is 10.8. The molecule has 0 spiro atoms. The molecule has 18 heavy (non-hydrogen) atoms. The molecule has 2 aromatic rings. The van der Waals surface area contributed by atoms with Crippen molar-refractivity contribution in [1.29, 1.82) is 0 Å². The van der Waals surface area contributed by atoms with Crippen LogP contribution in [0.5, 0.6) is 0 Å². The summed E-state index contributed by atoms with van der Waals surface area (Å²) < 4.78 is 10.5. The fraction of sp³-hybridized carbons (Fsp3) is 0.357. The molecule has 0 aliphatic carbocycles. The van der Waals surface area contributed by atoms with Gasteiger partial charge < -0.3 is 14.5 Å². The summed E-state index contributed by atoms with van der Waals surface area (Å²) in [6.07, 6.45) is 1.73. The van der Waals surface area contributed by atoms with Gasteiger partial charge in [-0.1, -0.05) is 24.3 Å². The Morgan fingerprint density at radius 3 is 2.50 bits per heavy atom. The molecule has 0 aliphatic rings. The first kappa shape index (κ1) is 12.8. The first-order valence-corrected chi connectivity index (χ1v) is 5.96. The second-order valence-corrected chi connectivity index (χ2v) is 4.22. The smallest absolute Gasteiger partial charge is 0.208 e. The van der Waals surface area contributed by atoms with E-state index in [0.29, 0.717) is 13.2 Å². The number of nitrogens with zero attached hydrogens (tertiary/aromatic N) is 1. The minimum Gasteiger partial charge on any atom is -0.445 e. The predicted molar refractivity (Wildman–Crippen MR) is 68.9 cm³/mol. The number of aryl methyl sites for hydroxylation is 1. The van der Waals surface area contributed by atoms with Crippen LogP contribution in [0.1, 0.15) is 22.8 Å². The van der Waals surface area contributed by atoms with Gasteiger partial charge in [-0.2, -0.15) is 0 Å². The van der Waals surface area contributed by atoms with Crippen molar-refractivity contribution < 1.29 is 9.15 Å². The maximum Gasteiger partial charge on any atom is 0.208 e. The summed E-state index contributed by atoms with van der Waals surface area (Å²) in [6.45, 7) is 4.00. The van der Waals surface area contributed by atoms with Crippen LogP contribution in [0.4, 0.5) is 0 Å².